The van der Waals surface area contributed by atoms with Gasteiger partial charge in [-0.25, -0.2) is 4.39 Å². The summed E-state index contributed by atoms with van der Waals surface area (Å²) in [6, 6.07) is 15.0. The minimum atomic E-state index is -0.316. The highest BCUT2D eigenvalue weighted by Gasteiger charge is 2.01. The van der Waals surface area contributed by atoms with Crippen LogP contribution in [0, 0.1) is 17.1 Å². The first-order valence-electron chi connectivity index (χ1n) is 7.52. The molecule has 1 amide bonds. The molecule has 1 N–H and O–H groups in total. The number of nitriles is 1. The van der Waals surface area contributed by atoms with Crippen LogP contribution in [0.5, 0.6) is 5.75 Å². The second-order valence-electron chi connectivity index (χ2n) is 5.01. The Morgan fingerprint density at radius 2 is 2.04 bits per heavy atom. The molecule has 2 aromatic rings. The van der Waals surface area contributed by atoms with E-state index >= 15 is 0 Å². The molecule has 0 aliphatic heterocycles. The molecule has 2 rings (SSSR count). The Balaban J connectivity index is 1.89. The van der Waals surface area contributed by atoms with Gasteiger partial charge in [-0.2, -0.15) is 5.26 Å². The molecule has 4 nitrogen and oxygen atoms in total. The van der Waals surface area contributed by atoms with Crippen molar-refractivity contribution in [3.63, 3.8) is 0 Å². The molecule has 0 spiro atoms. The van der Waals surface area contributed by atoms with Gasteiger partial charge in [-0.05, 0) is 42.3 Å². The fraction of sp³-hybridized carbons (Fsp3) is 0.158. The summed E-state index contributed by atoms with van der Waals surface area (Å²) in [5.74, 6) is 0.0254. The first-order valence-corrected chi connectivity index (χ1v) is 7.52. The average molecular weight is 324 g/mol. The number of halogens is 1. The van der Waals surface area contributed by atoms with Gasteiger partial charge in [-0.3, -0.25) is 4.79 Å². The number of carbonyl (C=O) groups excluding carboxylic acids is 1. The molecular formula is C19H17FN2O2. The predicted octanol–water partition coefficient (Wildman–Crippen LogP) is 4.16. The molecule has 0 heterocycles. The van der Waals surface area contributed by atoms with Crippen molar-refractivity contribution < 1.29 is 13.9 Å². The van der Waals surface area contributed by atoms with Gasteiger partial charge in [0.15, 0.2) is 0 Å². The third kappa shape index (κ3) is 5.93. The summed E-state index contributed by atoms with van der Waals surface area (Å²) >= 11 is 0. The minimum absolute atomic E-state index is 0.291. The summed E-state index contributed by atoms with van der Waals surface area (Å²) in [7, 11) is 0. The van der Waals surface area contributed by atoms with E-state index in [0.717, 1.165) is 5.56 Å². The van der Waals surface area contributed by atoms with Gasteiger partial charge in [-0.15, -0.1) is 0 Å². The van der Waals surface area contributed by atoms with Crippen LogP contribution in [0.3, 0.4) is 0 Å². The Morgan fingerprint density at radius 1 is 1.25 bits per heavy atom. The molecule has 0 saturated carbocycles. The molecule has 0 fully saturated rings. The number of rotatable bonds is 7. The summed E-state index contributed by atoms with van der Waals surface area (Å²) in [4.78, 5) is 11.9. The lowest BCUT2D eigenvalue weighted by molar-refractivity contribution is -0.111. The van der Waals surface area contributed by atoms with Crippen LogP contribution in [0.15, 0.2) is 54.6 Å². The fourth-order valence-electron chi connectivity index (χ4n) is 1.93. The van der Waals surface area contributed by atoms with Crippen LogP contribution < -0.4 is 10.1 Å². The molecule has 0 unspecified atom stereocenters. The number of nitrogens with zero attached hydrogens (tertiary/aromatic N) is 1. The lowest BCUT2D eigenvalue weighted by Crippen LogP contribution is -2.08. The number of benzene rings is 2. The van der Waals surface area contributed by atoms with Crippen LogP contribution in [-0.4, -0.2) is 12.5 Å². The maximum atomic E-state index is 12.8. The van der Waals surface area contributed by atoms with E-state index in [1.165, 1.54) is 18.2 Å². The fourth-order valence-corrected chi connectivity index (χ4v) is 1.93. The summed E-state index contributed by atoms with van der Waals surface area (Å²) < 4.78 is 18.3. The molecule has 0 atom stereocenters. The molecule has 0 bridgehead atoms. The number of carbonyl (C=O) groups is 1. The van der Waals surface area contributed by atoms with E-state index in [2.05, 4.69) is 11.4 Å². The predicted molar refractivity (Wildman–Crippen MR) is 90.8 cm³/mol. The van der Waals surface area contributed by atoms with Crippen molar-refractivity contribution in [2.24, 2.45) is 0 Å². The van der Waals surface area contributed by atoms with E-state index in [-0.39, 0.29) is 11.7 Å². The highest BCUT2D eigenvalue weighted by molar-refractivity contribution is 6.02. The van der Waals surface area contributed by atoms with Crippen molar-refractivity contribution in [3.8, 4) is 11.8 Å². The van der Waals surface area contributed by atoms with Crippen LogP contribution in [0.25, 0.3) is 6.08 Å². The van der Waals surface area contributed by atoms with Crippen molar-refractivity contribution in [1.29, 1.82) is 5.26 Å². The second kappa shape index (κ2) is 9.11. The van der Waals surface area contributed by atoms with Gasteiger partial charge in [0.2, 0.25) is 5.91 Å². The van der Waals surface area contributed by atoms with Gasteiger partial charge >= 0.3 is 0 Å². The van der Waals surface area contributed by atoms with E-state index in [1.807, 2.05) is 0 Å². The number of amides is 1. The number of anilines is 1. The normalized spacial score (nSPS) is 10.3. The topological polar surface area (TPSA) is 62.1 Å². The van der Waals surface area contributed by atoms with Crippen LogP contribution >= 0.6 is 0 Å². The van der Waals surface area contributed by atoms with E-state index in [0.29, 0.717) is 30.9 Å². The van der Waals surface area contributed by atoms with Gasteiger partial charge in [0.05, 0.1) is 12.7 Å². The zero-order valence-corrected chi connectivity index (χ0v) is 13.0. The van der Waals surface area contributed by atoms with E-state index in [4.69, 9.17) is 10.00 Å². The SMILES string of the molecule is N#CCCCOc1cccc(NC(=O)C=Cc2ccc(F)cc2)c1. The van der Waals surface area contributed by atoms with Crippen molar-refractivity contribution in [1.82, 2.24) is 0 Å². The Hall–Kier alpha value is -3.13. The van der Waals surface area contributed by atoms with E-state index in [9.17, 15) is 9.18 Å². The summed E-state index contributed by atoms with van der Waals surface area (Å²) in [6.45, 7) is 0.454. The zero-order valence-electron chi connectivity index (χ0n) is 13.0. The third-order valence-electron chi connectivity index (χ3n) is 3.10. The molecule has 0 aliphatic rings. The molecular weight excluding hydrogens is 307 g/mol. The number of hydrogen-bond acceptors (Lipinski definition) is 3. The van der Waals surface area contributed by atoms with Crippen molar-refractivity contribution >= 4 is 17.7 Å². The number of ether oxygens (including phenoxy) is 1. The first-order chi connectivity index (χ1) is 11.7. The molecule has 122 valence electrons. The lowest BCUT2D eigenvalue weighted by atomic mass is 10.2. The largest absolute Gasteiger partial charge is 0.493 e. The van der Waals surface area contributed by atoms with Crippen LogP contribution in [-0.2, 0) is 4.79 Å². The third-order valence-corrected chi connectivity index (χ3v) is 3.10. The van der Waals surface area contributed by atoms with E-state index in [1.54, 1.807) is 42.5 Å². The molecule has 5 heteroatoms. The highest BCUT2D eigenvalue weighted by atomic mass is 19.1. The van der Waals surface area contributed by atoms with Gasteiger partial charge < -0.3 is 10.1 Å². The molecule has 0 radical (unpaired) electrons. The monoisotopic (exact) mass is 324 g/mol. The molecule has 0 aromatic heterocycles. The van der Waals surface area contributed by atoms with Gasteiger partial charge in [0, 0.05) is 24.3 Å². The Labute approximate surface area is 140 Å². The first kappa shape index (κ1) is 17.2. The van der Waals surface area contributed by atoms with E-state index < -0.39 is 0 Å². The summed E-state index contributed by atoms with van der Waals surface area (Å²) in [6.07, 6.45) is 4.10. The summed E-state index contributed by atoms with van der Waals surface area (Å²) in [5.41, 5.74) is 1.35. The maximum absolute atomic E-state index is 12.8. The summed E-state index contributed by atoms with van der Waals surface area (Å²) in [5, 5.41) is 11.2. The zero-order chi connectivity index (χ0) is 17.2. The van der Waals surface area contributed by atoms with Gasteiger partial charge in [0.25, 0.3) is 0 Å². The second-order valence-corrected chi connectivity index (χ2v) is 5.01. The number of nitrogens with one attached hydrogen (secondary N) is 1. The Bertz CT molecular complexity index is 749. The molecule has 2 aromatic carbocycles. The lowest BCUT2D eigenvalue weighted by Gasteiger charge is -2.07. The number of hydrogen-bond donors (Lipinski definition) is 1. The van der Waals surface area contributed by atoms with Gasteiger partial charge in [-0.1, -0.05) is 18.2 Å². The maximum Gasteiger partial charge on any atom is 0.248 e. The van der Waals surface area contributed by atoms with Crippen molar-refractivity contribution in [2.45, 2.75) is 12.8 Å². The van der Waals surface area contributed by atoms with Crippen LogP contribution in [0.2, 0.25) is 0 Å². The van der Waals surface area contributed by atoms with Crippen LogP contribution in [0.4, 0.5) is 10.1 Å². The van der Waals surface area contributed by atoms with Crippen molar-refractivity contribution in [3.05, 3.63) is 66.0 Å². The molecule has 0 saturated heterocycles. The number of unbranched alkanes of at least 4 members (excludes halogenated alkanes) is 1. The minimum Gasteiger partial charge on any atom is -0.493 e. The van der Waals surface area contributed by atoms with Gasteiger partial charge in [0.1, 0.15) is 11.6 Å². The Kier molecular flexibility index (Phi) is 6.54. The van der Waals surface area contributed by atoms with Crippen molar-refractivity contribution in [2.75, 3.05) is 11.9 Å². The van der Waals surface area contributed by atoms with Crippen LogP contribution in [0.1, 0.15) is 18.4 Å². The average Bonchev–Trinajstić information content (AvgIpc) is 2.59. The standard InChI is InChI=1S/C19H17FN2O2/c20-16-9-6-15(7-10-16)8-11-19(23)22-17-4-3-5-18(14-17)24-13-2-1-12-21/h3-11,14H,1-2,13H2,(H,22,23). The smallest absolute Gasteiger partial charge is 0.248 e. The quantitative estimate of drug-likeness (QED) is 0.614. The Morgan fingerprint density at radius 3 is 2.79 bits per heavy atom. The molecule has 24 heavy (non-hydrogen) atoms. The highest BCUT2D eigenvalue weighted by Crippen LogP contribution is 2.17. The molecule has 0 aliphatic carbocycles.